The van der Waals surface area contributed by atoms with Gasteiger partial charge in [-0.15, -0.1) is 0 Å². The number of nitrogens with one attached hydrogen (secondary N) is 1. The number of carbonyl (C=O) groups excluding carboxylic acids is 2. The predicted molar refractivity (Wildman–Crippen MR) is 94.4 cm³/mol. The van der Waals surface area contributed by atoms with Crippen LogP contribution >= 0.6 is 0 Å². The standard InChI is InChI=1S/C17H23NO3.H2O3S/c1-17(12-13-19,14-8-4-2-5-9-14)21-16(20)18-15-10-6-3-7-11-15;1-4(2)3/h2,4-5,8-9,13,15H,3,6-7,10-12H2,1H3,(H,18,20);(H2,1,2,3). The highest BCUT2D eigenvalue weighted by Crippen LogP contribution is 2.28. The molecule has 1 amide bonds. The SMILES string of the molecule is CC(CC=O)(OC(=O)NC1CCCCC1)c1ccccc1.O=S(O)O. The Morgan fingerprint density at radius 1 is 1.28 bits per heavy atom. The van der Waals surface area contributed by atoms with E-state index in [1.807, 2.05) is 30.3 Å². The van der Waals surface area contributed by atoms with Gasteiger partial charge in [0.2, 0.25) is 0 Å². The van der Waals surface area contributed by atoms with E-state index in [9.17, 15) is 9.59 Å². The predicted octanol–water partition coefficient (Wildman–Crippen LogP) is 3.23. The molecular formula is C17H25NO6S. The van der Waals surface area contributed by atoms with Crippen molar-refractivity contribution in [2.45, 2.75) is 57.1 Å². The maximum Gasteiger partial charge on any atom is 0.408 e. The quantitative estimate of drug-likeness (QED) is 0.541. The van der Waals surface area contributed by atoms with Gasteiger partial charge in [0, 0.05) is 12.5 Å². The summed E-state index contributed by atoms with van der Waals surface area (Å²) in [5.41, 5.74) is -0.0854. The zero-order valence-corrected chi connectivity index (χ0v) is 15.0. The number of ether oxygens (including phenoxy) is 1. The molecule has 0 spiro atoms. The summed E-state index contributed by atoms with van der Waals surface area (Å²) in [6.07, 6.45) is 6.05. The van der Waals surface area contributed by atoms with Crippen LogP contribution in [0.4, 0.5) is 4.79 Å². The zero-order chi connectivity index (χ0) is 18.7. The molecule has 1 aliphatic carbocycles. The van der Waals surface area contributed by atoms with Crippen LogP contribution < -0.4 is 5.32 Å². The van der Waals surface area contributed by atoms with Gasteiger partial charge in [-0.25, -0.2) is 4.79 Å². The molecule has 0 heterocycles. The van der Waals surface area contributed by atoms with Crippen LogP contribution in [0.15, 0.2) is 30.3 Å². The zero-order valence-electron chi connectivity index (χ0n) is 14.2. The Morgan fingerprint density at radius 3 is 2.36 bits per heavy atom. The lowest BCUT2D eigenvalue weighted by Gasteiger charge is -2.30. The van der Waals surface area contributed by atoms with Crippen LogP contribution in [0.5, 0.6) is 0 Å². The van der Waals surface area contributed by atoms with E-state index in [4.69, 9.17) is 18.1 Å². The third-order valence-electron chi connectivity index (χ3n) is 4.10. The van der Waals surface area contributed by atoms with Gasteiger partial charge in [0.15, 0.2) is 0 Å². The van der Waals surface area contributed by atoms with Gasteiger partial charge in [-0.3, -0.25) is 9.11 Å². The summed E-state index contributed by atoms with van der Waals surface area (Å²) in [5, 5.41) is 2.93. The molecule has 1 fully saturated rings. The number of rotatable bonds is 5. The average Bonchev–Trinajstić information content (AvgIpc) is 2.56. The first-order valence-corrected chi connectivity index (χ1v) is 9.22. The van der Waals surface area contributed by atoms with Crippen LogP contribution in [0.1, 0.15) is 51.0 Å². The summed E-state index contributed by atoms with van der Waals surface area (Å²) in [6, 6.07) is 9.59. The molecule has 0 aromatic heterocycles. The summed E-state index contributed by atoms with van der Waals surface area (Å²) < 4.78 is 28.4. The number of carbonyl (C=O) groups is 2. The van der Waals surface area contributed by atoms with Crippen LogP contribution in [-0.2, 0) is 26.5 Å². The van der Waals surface area contributed by atoms with Crippen molar-refractivity contribution in [1.82, 2.24) is 5.32 Å². The maximum absolute atomic E-state index is 12.1. The fourth-order valence-corrected chi connectivity index (χ4v) is 2.82. The number of benzene rings is 1. The van der Waals surface area contributed by atoms with Gasteiger partial charge < -0.3 is 14.8 Å². The van der Waals surface area contributed by atoms with Crippen molar-refractivity contribution in [3.8, 4) is 0 Å². The summed E-state index contributed by atoms with van der Waals surface area (Å²) in [5.74, 6) is 0. The molecular weight excluding hydrogens is 346 g/mol. The maximum atomic E-state index is 12.1. The van der Waals surface area contributed by atoms with E-state index in [1.54, 1.807) is 6.92 Å². The van der Waals surface area contributed by atoms with E-state index in [2.05, 4.69) is 5.32 Å². The van der Waals surface area contributed by atoms with Crippen molar-refractivity contribution < 1.29 is 27.6 Å². The average molecular weight is 371 g/mol. The van der Waals surface area contributed by atoms with Gasteiger partial charge in [-0.2, -0.15) is 4.21 Å². The van der Waals surface area contributed by atoms with Crippen LogP contribution in [0.3, 0.4) is 0 Å². The van der Waals surface area contributed by atoms with Crippen molar-refractivity contribution in [3.63, 3.8) is 0 Å². The lowest BCUT2D eigenvalue weighted by atomic mass is 9.93. The Kier molecular flexibility index (Phi) is 9.33. The fraction of sp³-hybridized carbons (Fsp3) is 0.529. The Bertz CT molecular complexity index is 558. The normalized spacial score (nSPS) is 17.0. The third kappa shape index (κ3) is 8.24. The highest BCUT2D eigenvalue weighted by molar-refractivity contribution is 7.73. The smallest absolute Gasteiger partial charge is 0.408 e. The topological polar surface area (TPSA) is 113 Å². The second-order valence-corrected chi connectivity index (χ2v) is 6.53. The molecule has 1 aromatic carbocycles. The first-order valence-electron chi connectivity index (χ1n) is 8.16. The first-order chi connectivity index (χ1) is 11.9. The molecule has 0 bridgehead atoms. The Balaban J connectivity index is 0.000000705. The van der Waals surface area contributed by atoms with Crippen LogP contribution in [0.2, 0.25) is 0 Å². The van der Waals surface area contributed by atoms with Crippen molar-refractivity contribution in [3.05, 3.63) is 35.9 Å². The highest BCUT2D eigenvalue weighted by Gasteiger charge is 2.31. The molecule has 1 aliphatic rings. The lowest BCUT2D eigenvalue weighted by Crippen LogP contribution is -2.41. The summed E-state index contributed by atoms with van der Waals surface area (Å²) in [7, 11) is 0. The van der Waals surface area contributed by atoms with E-state index >= 15 is 0 Å². The van der Waals surface area contributed by atoms with Gasteiger partial charge in [-0.1, -0.05) is 49.6 Å². The number of alkyl carbamates (subject to hydrolysis) is 1. The van der Waals surface area contributed by atoms with Crippen molar-refractivity contribution >= 4 is 23.7 Å². The van der Waals surface area contributed by atoms with Crippen molar-refractivity contribution in [1.29, 1.82) is 0 Å². The number of amides is 1. The van der Waals surface area contributed by atoms with Crippen molar-refractivity contribution in [2.24, 2.45) is 0 Å². The Hall–Kier alpha value is -1.77. The molecule has 1 unspecified atom stereocenters. The van der Waals surface area contributed by atoms with E-state index in [-0.39, 0.29) is 12.5 Å². The van der Waals surface area contributed by atoms with Crippen LogP contribution in [-0.4, -0.2) is 31.7 Å². The third-order valence-corrected chi connectivity index (χ3v) is 4.10. The molecule has 0 saturated heterocycles. The van der Waals surface area contributed by atoms with Gasteiger partial charge in [0.1, 0.15) is 11.9 Å². The first kappa shape index (κ1) is 21.3. The molecule has 1 saturated carbocycles. The monoisotopic (exact) mass is 371 g/mol. The summed E-state index contributed by atoms with van der Waals surface area (Å²) in [4.78, 5) is 23.1. The Morgan fingerprint density at radius 2 is 1.84 bits per heavy atom. The minimum absolute atomic E-state index is 0.148. The van der Waals surface area contributed by atoms with Crippen LogP contribution in [0.25, 0.3) is 0 Å². The molecule has 1 atom stereocenters. The van der Waals surface area contributed by atoms with Gasteiger partial charge >= 0.3 is 6.09 Å². The fourth-order valence-electron chi connectivity index (χ4n) is 2.82. The second kappa shape index (κ2) is 11.0. The number of hydrogen-bond acceptors (Lipinski definition) is 4. The Labute approximate surface area is 150 Å². The molecule has 25 heavy (non-hydrogen) atoms. The van der Waals surface area contributed by atoms with Gasteiger partial charge in [0.05, 0.1) is 0 Å². The van der Waals surface area contributed by atoms with Crippen molar-refractivity contribution in [2.75, 3.05) is 0 Å². The van der Waals surface area contributed by atoms with E-state index < -0.39 is 23.1 Å². The number of hydrogen-bond donors (Lipinski definition) is 3. The summed E-state index contributed by atoms with van der Waals surface area (Å²) >= 11 is -2.61. The second-order valence-electron chi connectivity index (χ2n) is 6.07. The molecule has 8 heteroatoms. The molecule has 140 valence electrons. The molecule has 0 radical (unpaired) electrons. The molecule has 3 N–H and O–H groups in total. The molecule has 0 aliphatic heterocycles. The lowest BCUT2D eigenvalue weighted by molar-refractivity contribution is -0.112. The molecule has 2 rings (SSSR count). The molecule has 1 aromatic rings. The van der Waals surface area contributed by atoms with E-state index in [1.165, 1.54) is 6.42 Å². The van der Waals surface area contributed by atoms with E-state index in [0.717, 1.165) is 37.5 Å². The van der Waals surface area contributed by atoms with Gasteiger partial charge in [-0.05, 0) is 25.3 Å². The minimum Gasteiger partial charge on any atom is -0.438 e. The summed E-state index contributed by atoms with van der Waals surface area (Å²) in [6.45, 7) is 1.77. The van der Waals surface area contributed by atoms with Crippen LogP contribution in [0, 0.1) is 0 Å². The minimum atomic E-state index is -2.61. The highest BCUT2D eigenvalue weighted by atomic mass is 32.2. The molecule has 7 nitrogen and oxygen atoms in total. The number of aldehydes is 1. The largest absolute Gasteiger partial charge is 0.438 e. The van der Waals surface area contributed by atoms with Gasteiger partial charge in [0.25, 0.3) is 11.4 Å². The van der Waals surface area contributed by atoms with E-state index in [0.29, 0.717) is 0 Å².